The van der Waals surface area contributed by atoms with Gasteiger partial charge < -0.3 is 15.0 Å². The fraction of sp³-hybridized carbons (Fsp3) is 0.875. The van der Waals surface area contributed by atoms with E-state index in [1.54, 1.807) is 0 Å². The molecule has 0 aromatic carbocycles. The molecule has 21 heavy (non-hydrogen) atoms. The Bertz CT molecular complexity index is 406. The number of piperazine rings is 1. The van der Waals surface area contributed by atoms with Gasteiger partial charge >= 0.3 is 0 Å². The van der Waals surface area contributed by atoms with E-state index in [-0.39, 0.29) is 35.5 Å². The fourth-order valence-corrected chi connectivity index (χ4v) is 3.61. The van der Waals surface area contributed by atoms with Crippen LogP contribution < -0.4 is 5.32 Å². The van der Waals surface area contributed by atoms with Crippen molar-refractivity contribution in [2.24, 2.45) is 0 Å². The number of ether oxygens (including phenoxy) is 1. The van der Waals surface area contributed by atoms with E-state index < -0.39 is 0 Å². The van der Waals surface area contributed by atoms with Gasteiger partial charge in [0.1, 0.15) is 12.1 Å². The maximum Gasteiger partial charge on any atom is 0.246 e. The number of nitrogens with one attached hydrogen (secondary N) is 1. The Morgan fingerprint density at radius 3 is 2.52 bits per heavy atom. The highest BCUT2D eigenvalue weighted by Crippen LogP contribution is 2.35. The van der Waals surface area contributed by atoms with Crippen LogP contribution in [0.2, 0.25) is 0 Å². The largest absolute Gasteiger partial charge is 0.375 e. The summed E-state index contributed by atoms with van der Waals surface area (Å²) < 4.78 is 6.00. The Morgan fingerprint density at radius 1 is 1.29 bits per heavy atom. The van der Waals surface area contributed by atoms with Gasteiger partial charge in [0.2, 0.25) is 11.8 Å². The van der Waals surface area contributed by atoms with Crippen molar-refractivity contribution in [3.8, 4) is 0 Å². The molecule has 3 unspecified atom stereocenters. The van der Waals surface area contributed by atoms with Gasteiger partial charge in [-0.15, -0.1) is 0 Å². The third kappa shape index (κ3) is 2.93. The van der Waals surface area contributed by atoms with Crippen molar-refractivity contribution in [3.63, 3.8) is 0 Å². The maximum absolute atomic E-state index is 12.7. The van der Waals surface area contributed by atoms with Crippen molar-refractivity contribution < 1.29 is 14.3 Å². The predicted octanol–water partition coefficient (Wildman–Crippen LogP) is 1.85. The summed E-state index contributed by atoms with van der Waals surface area (Å²) in [5.74, 6) is 0.0316. The Kier molecular flexibility index (Phi) is 4.91. The molecule has 2 rings (SSSR count). The van der Waals surface area contributed by atoms with Gasteiger partial charge in [0.25, 0.3) is 0 Å². The molecule has 2 saturated heterocycles. The van der Waals surface area contributed by atoms with Crippen molar-refractivity contribution in [1.29, 1.82) is 0 Å². The van der Waals surface area contributed by atoms with Crippen molar-refractivity contribution >= 4 is 11.8 Å². The van der Waals surface area contributed by atoms with E-state index >= 15 is 0 Å². The van der Waals surface area contributed by atoms with Crippen molar-refractivity contribution in [3.05, 3.63) is 0 Å². The van der Waals surface area contributed by atoms with Crippen LogP contribution in [0.4, 0.5) is 0 Å². The molecule has 0 spiro atoms. The first-order valence-corrected chi connectivity index (χ1v) is 8.24. The molecule has 0 aliphatic carbocycles. The molecule has 120 valence electrons. The van der Waals surface area contributed by atoms with Crippen molar-refractivity contribution in [2.75, 3.05) is 6.61 Å². The minimum atomic E-state index is -0.380. The van der Waals surface area contributed by atoms with E-state index in [1.165, 1.54) is 0 Å². The first-order chi connectivity index (χ1) is 9.98. The van der Waals surface area contributed by atoms with Crippen LogP contribution in [-0.4, -0.2) is 47.0 Å². The average Bonchev–Trinajstić information content (AvgIpc) is 2.51. The first kappa shape index (κ1) is 16.3. The molecule has 2 aliphatic heterocycles. The summed E-state index contributed by atoms with van der Waals surface area (Å²) in [6.07, 6.45) is 4.19. The topological polar surface area (TPSA) is 58.6 Å². The third-order valence-corrected chi connectivity index (χ3v) is 5.22. The summed E-state index contributed by atoms with van der Waals surface area (Å²) in [6, 6.07) is -0.634. The van der Waals surface area contributed by atoms with E-state index in [0.29, 0.717) is 13.0 Å². The molecule has 2 aliphatic rings. The normalized spacial score (nSPS) is 33.0. The van der Waals surface area contributed by atoms with E-state index in [2.05, 4.69) is 19.2 Å². The summed E-state index contributed by atoms with van der Waals surface area (Å²) in [5, 5.41) is 2.82. The maximum atomic E-state index is 12.7. The summed E-state index contributed by atoms with van der Waals surface area (Å²) >= 11 is 0. The molecule has 1 N–H and O–H groups in total. The molecule has 5 heteroatoms. The number of hydrogen-bond donors (Lipinski definition) is 1. The molecule has 0 aromatic rings. The van der Waals surface area contributed by atoms with E-state index in [0.717, 1.165) is 25.7 Å². The van der Waals surface area contributed by atoms with Crippen molar-refractivity contribution in [2.45, 2.75) is 83.5 Å². The van der Waals surface area contributed by atoms with Crippen LogP contribution in [0, 0.1) is 0 Å². The number of nitrogens with zero attached hydrogens (tertiary/aromatic N) is 1. The number of amides is 2. The summed E-state index contributed by atoms with van der Waals surface area (Å²) in [6.45, 7) is 8.70. The SMILES string of the molecule is CCC1NC(=O)C(C)N(C2CCOC(CC)(CC)C2)C1=O. The molecular weight excluding hydrogens is 268 g/mol. The Morgan fingerprint density at radius 2 is 1.95 bits per heavy atom. The molecule has 0 saturated carbocycles. The van der Waals surface area contributed by atoms with Crippen LogP contribution in [0.5, 0.6) is 0 Å². The zero-order chi connectivity index (χ0) is 15.6. The predicted molar refractivity (Wildman–Crippen MR) is 80.8 cm³/mol. The summed E-state index contributed by atoms with van der Waals surface area (Å²) in [5.41, 5.74) is -0.140. The highest BCUT2D eigenvalue weighted by Gasteiger charge is 2.45. The third-order valence-electron chi connectivity index (χ3n) is 5.22. The summed E-state index contributed by atoms with van der Waals surface area (Å²) in [7, 11) is 0. The van der Waals surface area contributed by atoms with Gasteiger partial charge in [-0.25, -0.2) is 0 Å². The molecule has 3 atom stereocenters. The van der Waals surface area contributed by atoms with Crippen LogP contribution in [0.3, 0.4) is 0 Å². The van der Waals surface area contributed by atoms with E-state index in [9.17, 15) is 9.59 Å². The first-order valence-electron chi connectivity index (χ1n) is 8.24. The van der Waals surface area contributed by atoms with Crippen LogP contribution in [0.15, 0.2) is 0 Å². The Hall–Kier alpha value is -1.10. The molecule has 2 heterocycles. The van der Waals surface area contributed by atoms with E-state index in [4.69, 9.17) is 4.74 Å². The minimum absolute atomic E-state index is 0.0356. The van der Waals surface area contributed by atoms with Crippen LogP contribution in [0.25, 0.3) is 0 Å². The van der Waals surface area contributed by atoms with Crippen LogP contribution >= 0.6 is 0 Å². The second-order valence-corrected chi connectivity index (χ2v) is 6.28. The second-order valence-electron chi connectivity index (χ2n) is 6.28. The number of hydrogen-bond acceptors (Lipinski definition) is 3. The average molecular weight is 296 g/mol. The Balaban J connectivity index is 2.21. The second kappa shape index (κ2) is 6.34. The molecule has 0 aromatic heterocycles. The Labute approximate surface area is 127 Å². The zero-order valence-electron chi connectivity index (χ0n) is 13.6. The molecule has 2 amide bonds. The number of carbonyl (C=O) groups excluding carboxylic acids is 2. The minimum Gasteiger partial charge on any atom is -0.375 e. The smallest absolute Gasteiger partial charge is 0.246 e. The molecule has 2 fully saturated rings. The van der Waals surface area contributed by atoms with Gasteiger partial charge in [-0.05, 0) is 39.0 Å². The molecular formula is C16H28N2O3. The van der Waals surface area contributed by atoms with Crippen LogP contribution in [0.1, 0.15) is 59.8 Å². The fourth-order valence-electron chi connectivity index (χ4n) is 3.61. The number of carbonyl (C=O) groups is 2. The lowest BCUT2D eigenvalue weighted by Crippen LogP contribution is -2.66. The molecule has 0 bridgehead atoms. The van der Waals surface area contributed by atoms with Crippen LogP contribution in [-0.2, 0) is 14.3 Å². The highest BCUT2D eigenvalue weighted by atomic mass is 16.5. The quantitative estimate of drug-likeness (QED) is 0.861. The monoisotopic (exact) mass is 296 g/mol. The lowest BCUT2D eigenvalue weighted by atomic mass is 9.84. The lowest BCUT2D eigenvalue weighted by Gasteiger charge is -2.48. The van der Waals surface area contributed by atoms with Gasteiger partial charge in [-0.3, -0.25) is 9.59 Å². The van der Waals surface area contributed by atoms with Gasteiger partial charge in [0, 0.05) is 12.6 Å². The summed E-state index contributed by atoms with van der Waals surface area (Å²) in [4.78, 5) is 26.6. The number of rotatable bonds is 4. The van der Waals surface area contributed by atoms with Gasteiger partial charge in [-0.1, -0.05) is 20.8 Å². The van der Waals surface area contributed by atoms with Crippen molar-refractivity contribution in [1.82, 2.24) is 10.2 Å². The van der Waals surface area contributed by atoms with Gasteiger partial charge in [0.15, 0.2) is 0 Å². The van der Waals surface area contributed by atoms with E-state index in [1.807, 2.05) is 18.7 Å². The molecule has 5 nitrogen and oxygen atoms in total. The highest BCUT2D eigenvalue weighted by molar-refractivity contribution is 5.96. The molecule has 0 radical (unpaired) electrons. The standard InChI is InChI=1S/C16H28N2O3/c1-5-13-15(20)18(11(4)14(19)17-13)12-8-9-21-16(6-2,7-3)10-12/h11-13H,5-10H2,1-4H3,(H,17,19). The lowest BCUT2D eigenvalue weighted by molar-refractivity contribution is -0.161. The van der Waals surface area contributed by atoms with Gasteiger partial charge in [-0.2, -0.15) is 0 Å². The van der Waals surface area contributed by atoms with Gasteiger partial charge in [0.05, 0.1) is 5.60 Å². The zero-order valence-corrected chi connectivity index (χ0v) is 13.6.